The zero-order valence-corrected chi connectivity index (χ0v) is 17.2. The van der Waals surface area contributed by atoms with Crippen LogP contribution in [-0.2, 0) is 16.1 Å². The number of piperazine rings is 1. The van der Waals surface area contributed by atoms with Gasteiger partial charge in [-0.05, 0) is 25.2 Å². The molecule has 4 rings (SSSR count). The number of benzene rings is 1. The van der Waals surface area contributed by atoms with E-state index in [0.29, 0.717) is 18.2 Å². The molecule has 0 saturated carbocycles. The topological polar surface area (TPSA) is 45.7 Å². The molecule has 3 heterocycles. The highest BCUT2D eigenvalue weighted by Crippen LogP contribution is 2.24. The minimum absolute atomic E-state index is 0.310. The van der Waals surface area contributed by atoms with E-state index in [1.807, 2.05) is 23.1 Å². The van der Waals surface area contributed by atoms with E-state index >= 15 is 0 Å². The number of amides is 1. The summed E-state index contributed by atoms with van der Waals surface area (Å²) in [5, 5.41) is 3.24. The summed E-state index contributed by atoms with van der Waals surface area (Å²) in [6, 6.07) is 10.3. The van der Waals surface area contributed by atoms with Crippen LogP contribution >= 0.6 is 11.3 Å². The van der Waals surface area contributed by atoms with Gasteiger partial charge in [0.2, 0.25) is 5.91 Å². The minimum atomic E-state index is 0.310. The molecule has 2 saturated heterocycles. The molecule has 0 bridgehead atoms. The number of ether oxygens (including phenoxy) is 1. The first-order valence-electron chi connectivity index (χ1n) is 10.4. The Hall–Kier alpha value is -1.76. The van der Waals surface area contributed by atoms with Crippen LogP contribution in [0.5, 0.6) is 0 Å². The molecule has 0 radical (unpaired) electrons. The minimum Gasteiger partial charge on any atom is -0.381 e. The fourth-order valence-corrected chi connectivity index (χ4v) is 4.82. The molecule has 5 nitrogen and oxygen atoms in total. The van der Waals surface area contributed by atoms with Crippen molar-refractivity contribution in [1.29, 1.82) is 0 Å². The summed E-state index contributed by atoms with van der Waals surface area (Å²) >= 11 is 1.70. The SMILES string of the molecule is O=C(CCC1CCCOC1)N1CCN(Cc2csc(-c3ccccc3)n2)CC1. The second-order valence-electron chi connectivity index (χ2n) is 7.79. The Morgan fingerprint density at radius 2 is 2.00 bits per heavy atom. The number of hydrogen-bond acceptors (Lipinski definition) is 5. The van der Waals surface area contributed by atoms with Crippen LogP contribution in [0.3, 0.4) is 0 Å². The van der Waals surface area contributed by atoms with Gasteiger partial charge in [-0.1, -0.05) is 30.3 Å². The standard InChI is InChI=1S/C22H29N3O2S/c26-21(9-8-18-5-4-14-27-16-18)25-12-10-24(11-13-25)15-20-17-28-22(23-20)19-6-2-1-3-7-19/h1-3,6-7,17-18H,4-5,8-16H2. The molecule has 28 heavy (non-hydrogen) atoms. The van der Waals surface area contributed by atoms with Crippen molar-refractivity contribution >= 4 is 17.2 Å². The van der Waals surface area contributed by atoms with E-state index in [4.69, 9.17) is 9.72 Å². The van der Waals surface area contributed by atoms with E-state index in [-0.39, 0.29) is 0 Å². The Labute approximate surface area is 171 Å². The van der Waals surface area contributed by atoms with E-state index in [9.17, 15) is 4.79 Å². The first-order chi connectivity index (χ1) is 13.8. The molecule has 1 amide bonds. The summed E-state index contributed by atoms with van der Waals surface area (Å²) in [6.07, 6.45) is 3.99. The molecule has 2 aromatic rings. The van der Waals surface area contributed by atoms with E-state index in [0.717, 1.165) is 69.5 Å². The first-order valence-corrected chi connectivity index (χ1v) is 11.2. The second kappa shape index (κ2) is 9.63. The number of hydrogen-bond donors (Lipinski definition) is 0. The predicted molar refractivity (Wildman–Crippen MR) is 112 cm³/mol. The van der Waals surface area contributed by atoms with Crippen molar-refractivity contribution in [3.63, 3.8) is 0 Å². The second-order valence-corrected chi connectivity index (χ2v) is 8.65. The zero-order valence-electron chi connectivity index (χ0n) is 16.4. The van der Waals surface area contributed by atoms with E-state index in [1.165, 1.54) is 12.0 Å². The maximum absolute atomic E-state index is 12.5. The van der Waals surface area contributed by atoms with E-state index < -0.39 is 0 Å². The molecule has 0 spiro atoms. The Morgan fingerprint density at radius 3 is 2.75 bits per heavy atom. The molecular formula is C22H29N3O2S. The van der Waals surface area contributed by atoms with Crippen molar-refractivity contribution < 1.29 is 9.53 Å². The molecule has 6 heteroatoms. The quantitative estimate of drug-likeness (QED) is 0.744. The molecular weight excluding hydrogens is 370 g/mol. The smallest absolute Gasteiger partial charge is 0.222 e. The van der Waals surface area contributed by atoms with Gasteiger partial charge in [-0.25, -0.2) is 4.98 Å². The highest BCUT2D eigenvalue weighted by molar-refractivity contribution is 7.13. The molecule has 2 aliphatic rings. The number of rotatable bonds is 6. The van der Waals surface area contributed by atoms with Crippen molar-refractivity contribution in [2.45, 2.75) is 32.2 Å². The van der Waals surface area contributed by atoms with Gasteiger partial charge in [0.05, 0.1) is 5.69 Å². The molecule has 150 valence electrons. The van der Waals surface area contributed by atoms with Gasteiger partial charge in [0.25, 0.3) is 0 Å². The van der Waals surface area contributed by atoms with Crippen molar-refractivity contribution in [1.82, 2.24) is 14.8 Å². The Morgan fingerprint density at radius 1 is 1.18 bits per heavy atom. The summed E-state index contributed by atoms with van der Waals surface area (Å²) < 4.78 is 5.52. The average molecular weight is 400 g/mol. The van der Waals surface area contributed by atoms with Crippen LogP contribution in [0, 0.1) is 5.92 Å². The van der Waals surface area contributed by atoms with Gasteiger partial charge in [0.15, 0.2) is 0 Å². The molecule has 1 unspecified atom stereocenters. The van der Waals surface area contributed by atoms with Crippen LogP contribution in [0.1, 0.15) is 31.4 Å². The summed E-state index contributed by atoms with van der Waals surface area (Å²) in [5.74, 6) is 0.882. The Bertz CT molecular complexity index is 750. The normalized spacial score (nSPS) is 21.0. The van der Waals surface area contributed by atoms with Crippen LogP contribution in [0.2, 0.25) is 0 Å². The fraction of sp³-hybridized carbons (Fsp3) is 0.545. The molecule has 2 fully saturated rings. The number of nitrogens with zero attached hydrogens (tertiary/aromatic N) is 3. The molecule has 2 aliphatic heterocycles. The summed E-state index contributed by atoms with van der Waals surface area (Å²) in [5.41, 5.74) is 2.30. The molecule has 1 aromatic heterocycles. The molecule has 1 atom stereocenters. The van der Waals surface area contributed by atoms with Gasteiger partial charge >= 0.3 is 0 Å². The average Bonchev–Trinajstić information content (AvgIpc) is 3.22. The Kier molecular flexibility index (Phi) is 6.73. The van der Waals surface area contributed by atoms with Gasteiger partial charge in [-0.15, -0.1) is 11.3 Å². The van der Waals surface area contributed by atoms with Crippen molar-refractivity contribution in [2.24, 2.45) is 5.92 Å². The summed E-state index contributed by atoms with van der Waals surface area (Å²) in [6.45, 7) is 6.10. The van der Waals surface area contributed by atoms with Gasteiger partial charge < -0.3 is 9.64 Å². The fourth-order valence-electron chi connectivity index (χ4n) is 4.00. The lowest BCUT2D eigenvalue weighted by Crippen LogP contribution is -2.48. The van der Waals surface area contributed by atoms with Crippen LogP contribution in [0.25, 0.3) is 10.6 Å². The van der Waals surface area contributed by atoms with Gasteiger partial charge in [0.1, 0.15) is 5.01 Å². The highest BCUT2D eigenvalue weighted by Gasteiger charge is 2.23. The monoisotopic (exact) mass is 399 g/mol. The highest BCUT2D eigenvalue weighted by atomic mass is 32.1. The zero-order chi connectivity index (χ0) is 19.2. The van der Waals surface area contributed by atoms with Gasteiger partial charge in [-0.2, -0.15) is 0 Å². The third-order valence-electron chi connectivity index (χ3n) is 5.70. The third kappa shape index (κ3) is 5.19. The number of carbonyl (C=O) groups excluding carboxylic acids is 1. The van der Waals surface area contributed by atoms with Crippen LogP contribution in [-0.4, -0.2) is 60.1 Å². The lowest BCUT2D eigenvalue weighted by molar-refractivity contribution is -0.133. The van der Waals surface area contributed by atoms with Crippen molar-refractivity contribution in [3.8, 4) is 10.6 Å². The van der Waals surface area contributed by atoms with Crippen molar-refractivity contribution in [2.75, 3.05) is 39.4 Å². The summed E-state index contributed by atoms with van der Waals surface area (Å²) in [4.78, 5) is 21.8. The summed E-state index contributed by atoms with van der Waals surface area (Å²) in [7, 11) is 0. The van der Waals surface area contributed by atoms with Gasteiger partial charge in [0, 0.05) is 63.3 Å². The predicted octanol–water partition coefficient (Wildman–Crippen LogP) is 3.66. The van der Waals surface area contributed by atoms with Crippen LogP contribution in [0.15, 0.2) is 35.7 Å². The lowest BCUT2D eigenvalue weighted by Gasteiger charge is -2.34. The number of carbonyl (C=O) groups is 1. The van der Waals surface area contributed by atoms with Crippen LogP contribution in [0.4, 0.5) is 0 Å². The molecule has 0 aliphatic carbocycles. The lowest BCUT2D eigenvalue weighted by atomic mass is 9.96. The van der Waals surface area contributed by atoms with Crippen molar-refractivity contribution in [3.05, 3.63) is 41.4 Å². The maximum atomic E-state index is 12.5. The molecule has 0 N–H and O–H groups in total. The maximum Gasteiger partial charge on any atom is 0.222 e. The van der Waals surface area contributed by atoms with E-state index in [1.54, 1.807) is 11.3 Å². The number of aromatic nitrogens is 1. The third-order valence-corrected chi connectivity index (χ3v) is 6.64. The first kappa shape index (κ1) is 19.6. The van der Waals surface area contributed by atoms with Gasteiger partial charge in [-0.3, -0.25) is 9.69 Å². The molecule has 1 aromatic carbocycles. The van der Waals surface area contributed by atoms with E-state index in [2.05, 4.69) is 22.4 Å². The number of thiazole rings is 1. The largest absolute Gasteiger partial charge is 0.381 e. The Balaban J connectivity index is 1.21. The van der Waals surface area contributed by atoms with Crippen LogP contribution < -0.4 is 0 Å².